The number of hydrazine groups is 1. The van der Waals surface area contributed by atoms with Gasteiger partial charge in [-0.15, -0.1) is 0 Å². The lowest BCUT2D eigenvalue weighted by molar-refractivity contribution is -0.124. The highest BCUT2D eigenvalue weighted by Gasteiger charge is 2.24. The van der Waals surface area contributed by atoms with Crippen LogP contribution in [0, 0.1) is 4.77 Å². The number of anilines is 1. The predicted molar refractivity (Wildman–Crippen MR) is 142 cm³/mol. The lowest BCUT2D eigenvalue weighted by atomic mass is 10.1. The molecule has 1 fully saturated rings. The van der Waals surface area contributed by atoms with Crippen molar-refractivity contribution in [2.45, 2.75) is 19.3 Å². The number of carbonyl (C=O) groups excluding carboxylic acids is 1. The van der Waals surface area contributed by atoms with Crippen LogP contribution in [-0.2, 0) is 4.79 Å². The first-order valence-electron chi connectivity index (χ1n) is 11.7. The van der Waals surface area contributed by atoms with Gasteiger partial charge in [-0.3, -0.25) is 14.8 Å². The number of nitrogens with zero attached hydrogens (tertiary/aromatic N) is 3. The van der Waals surface area contributed by atoms with Gasteiger partial charge in [-0.1, -0.05) is 6.42 Å². The molecule has 12 heteroatoms. The number of imidazole rings is 2. The Morgan fingerprint density at radius 1 is 1.14 bits per heavy atom. The van der Waals surface area contributed by atoms with Crippen molar-refractivity contribution in [1.82, 2.24) is 30.0 Å². The van der Waals surface area contributed by atoms with Crippen molar-refractivity contribution in [1.29, 1.82) is 0 Å². The molecule has 2 aliphatic rings. The van der Waals surface area contributed by atoms with Crippen molar-refractivity contribution in [3.63, 3.8) is 0 Å². The minimum atomic E-state index is -0.112. The number of ether oxygens (including phenoxy) is 2. The number of rotatable bonds is 6. The number of fused-ring (bicyclic) bond motifs is 2. The maximum atomic E-state index is 12.7. The van der Waals surface area contributed by atoms with Gasteiger partial charge in [0.05, 0.1) is 35.3 Å². The summed E-state index contributed by atoms with van der Waals surface area (Å²) in [7, 11) is 0. The lowest BCUT2D eigenvalue weighted by Crippen LogP contribution is -2.47. The Morgan fingerprint density at radius 2 is 1.94 bits per heavy atom. The van der Waals surface area contributed by atoms with Gasteiger partial charge in [-0.25, -0.2) is 9.99 Å². The number of carbonyl (C=O) groups is 1. The van der Waals surface area contributed by atoms with Crippen molar-refractivity contribution in [3.05, 3.63) is 45.9 Å². The molecular formula is C24H24BrN7O3S. The molecular weight excluding hydrogens is 546 g/mol. The molecule has 0 aliphatic carbocycles. The smallest absolute Gasteiger partial charge is 0.253 e. The Balaban J connectivity index is 1.39. The number of hydrogen-bond donors (Lipinski definition) is 4. The molecule has 2 aromatic heterocycles. The number of amides is 1. The van der Waals surface area contributed by atoms with E-state index in [0.29, 0.717) is 22.1 Å². The van der Waals surface area contributed by atoms with Crippen LogP contribution in [0.4, 0.5) is 5.82 Å². The molecule has 0 unspecified atom stereocenters. The van der Waals surface area contributed by atoms with Crippen LogP contribution in [0.2, 0.25) is 0 Å². The van der Waals surface area contributed by atoms with Gasteiger partial charge in [0.2, 0.25) is 6.79 Å². The molecule has 36 heavy (non-hydrogen) atoms. The molecule has 0 saturated carbocycles. The van der Waals surface area contributed by atoms with Gasteiger partial charge in [0.25, 0.3) is 5.91 Å². The second-order valence-electron chi connectivity index (χ2n) is 8.71. The van der Waals surface area contributed by atoms with Gasteiger partial charge in [0.15, 0.2) is 16.3 Å². The average Bonchev–Trinajstić information content (AvgIpc) is 3.60. The normalized spacial score (nSPS) is 15.4. The summed E-state index contributed by atoms with van der Waals surface area (Å²) in [4.78, 5) is 23.4. The molecule has 6 rings (SSSR count). The van der Waals surface area contributed by atoms with E-state index < -0.39 is 0 Å². The summed E-state index contributed by atoms with van der Waals surface area (Å²) < 4.78 is 14.4. The van der Waals surface area contributed by atoms with E-state index in [2.05, 4.69) is 41.6 Å². The first-order valence-corrected chi connectivity index (χ1v) is 12.9. The monoisotopic (exact) mass is 569 g/mol. The van der Waals surface area contributed by atoms with Crippen LogP contribution in [0.3, 0.4) is 0 Å². The van der Waals surface area contributed by atoms with E-state index in [-0.39, 0.29) is 19.2 Å². The Hall–Kier alpha value is -3.35. The zero-order valence-corrected chi connectivity index (χ0v) is 21.7. The van der Waals surface area contributed by atoms with Gasteiger partial charge < -0.3 is 24.8 Å². The zero-order chi connectivity index (χ0) is 24.6. The number of benzene rings is 2. The second kappa shape index (κ2) is 9.60. The molecule has 0 radical (unpaired) electrons. The van der Waals surface area contributed by atoms with Crippen molar-refractivity contribution < 1.29 is 14.3 Å². The van der Waals surface area contributed by atoms with Gasteiger partial charge in [0, 0.05) is 23.1 Å². The van der Waals surface area contributed by atoms with E-state index in [1.54, 1.807) is 6.33 Å². The van der Waals surface area contributed by atoms with E-state index in [4.69, 9.17) is 21.7 Å². The average molecular weight is 570 g/mol. The van der Waals surface area contributed by atoms with Crippen LogP contribution < -0.4 is 20.2 Å². The fourth-order valence-electron chi connectivity index (χ4n) is 4.62. The third-order valence-corrected chi connectivity index (χ3v) is 7.28. The predicted octanol–water partition coefficient (Wildman–Crippen LogP) is 4.50. The highest BCUT2D eigenvalue weighted by Crippen LogP contribution is 2.43. The van der Waals surface area contributed by atoms with Crippen molar-refractivity contribution in [3.8, 4) is 28.4 Å². The summed E-state index contributed by atoms with van der Waals surface area (Å²) in [6.07, 6.45) is 5.04. The first-order chi connectivity index (χ1) is 17.6. The molecule has 2 aromatic carbocycles. The quantitative estimate of drug-likeness (QED) is 0.253. The number of piperidine rings is 1. The van der Waals surface area contributed by atoms with Crippen LogP contribution in [0.25, 0.3) is 28.0 Å². The fourth-order valence-corrected chi connectivity index (χ4v) is 5.43. The number of hydrogen-bond acceptors (Lipinski definition) is 7. The zero-order valence-electron chi connectivity index (χ0n) is 19.3. The summed E-state index contributed by atoms with van der Waals surface area (Å²) in [6, 6.07) is 9.68. The first kappa shape index (κ1) is 23.1. The molecule has 0 bridgehead atoms. The molecule has 1 amide bonds. The summed E-state index contributed by atoms with van der Waals surface area (Å²) in [5.74, 6) is 1.82. The number of H-pyrrole nitrogens is 2. The largest absolute Gasteiger partial charge is 0.454 e. The van der Waals surface area contributed by atoms with E-state index in [1.807, 2.05) is 39.9 Å². The standard InChI is InChI=1S/C24H24BrN7O3S/c25-16-10-20-19(34-13-35-20)9-15(16)22-23(26-11-21(33)30-31-6-2-1-3-7-31)29-24(36)32(22)14-4-5-17-18(8-14)28-12-27-17/h4-5,8-10,12,26H,1-3,6-7,11,13H2,(H,27,28)(H,29,36)(H,30,33). The molecule has 186 valence electrons. The SMILES string of the molecule is O=C(CNc1[nH]c(=S)n(-c2ccc3nc[nH]c3c2)c1-c1cc2c(cc1Br)OCO2)NN1CCCCC1. The van der Waals surface area contributed by atoms with Crippen molar-refractivity contribution in [2.24, 2.45) is 0 Å². The molecule has 4 heterocycles. The van der Waals surface area contributed by atoms with Crippen LogP contribution in [0.5, 0.6) is 11.5 Å². The fraction of sp³-hybridized carbons (Fsp3) is 0.292. The third kappa shape index (κ3) is 4.36. The Labute approximate surface area is 220 Å². The molecule has 4 aromatic rings. The van der Waals surface area contributed by atoms with Gasteiger partial charge in [0.1, 0.15) is 5.82 Å². The minimum Gasteiger partial charge on any atom is -0.454 e. The molecule has 4 N–H and O–H groups in total. The minimum absolute atomic E-state index is 0.0839. The Bertz CT molecular complexity index is 1510. The molecule has 0 atom stereocenters. The lowest BCUT2D eigenvalue weighted by Gasteiger charge is -2.26. The van der Waals surface area contributed by atoms with Crippen molar-refractivity contribution in [2.75, 3.05) is 31.7 Å². The van der Waals surface area contributed by atoms with E-state index >= 15 is 0 Å². The highest BCUT2D eigenvalue weighted by atomic mass is 79.9. The maximum Gasteiger partial charge on any atom is 0.253 e. The summed E-state index contributed by atoms with van der Waals surface area (Å²) in [5, 5.41) is 5.25. The molecule has 10 nitrogen and oxygen atoms in total. The van der Waals surface area contributed by atoms with Crippen molar-refractivity contribution >= 4 is 50.9 Å². The van der Waals surface area contributed by atoms with Gasteiger partial charge in [-0.2, -0.15) is 0 Å². The van der Waals surface area contributed by atoms with Crippen LogP contribution in [0.1, 0.15) is 19.3 Å². The summed E-state index contributed by atoms with van der Waals surface area (Å²) >= 11 is 9.45. The number of aromatic amines is 2. The van der Waals surface area contributed by atoms with E-state index in [0.717, 1.165) is 58.4 Å². The summed E-state index contributed by atoms with van der Waals surface area (Å²) in [5.41, 5.74) is 7.18. The Morgan fingerprint density at radius 3 is 2.78 bits per heavy atom. The molecule has 1 saturated heterocycles. The van der Waals surface area contributed by atoms with Gasteiger partial charge in [-0.05, 0) is 71.3 Å². The van der Waals surface area contributed by atoms with Crippen LogP contribution >= 0.6 is 28.1 Å². The van der Waals surface area contributed by atoms with Crippen LogP contribution in [-0.4, -0.2) is 56.9 Å². The highest BCUT2D eigenvalue weighted by molar-refractivity contribution is 9.10. The van der Waals surface area contributed by atoms with E-state index in [1.165, 1.54) is 6.42 Å². The third-order valence-electron chi connectivity index (χ3n) is 6.34. The number of nitrogens with one attached hydrogen (secondary N) is 4. The second-order valence-corrected chi connectivity index (χ2v) is 9.96. The summed E-state index contributed by atoms with van der Waals surface area (Å²) in [6.45, 7) is 2.00. The van der Waals surface area contributed by atoms with E-state index in [9.17, 15) is 4.79 Å². The molecule has 0 spiro atoms. The van der Waals surface area contributed by atoms with Gasteiger partial charge >= 0.3 is 0 Å². The molecule has 2 aliphatic heterocycles. The van der Waals surface area contributed by atoms with Crippen LogP contribution in [0.15, 0.2) is 41.1 Å². The Kier molecular flexibility index (Phi) is 6.15. The topological polar surface area (TPSA) is 112 Å². The number of aromatic nitrogens is 4. The maximum absolute atomic E-state index is 12.7. The number of halogens is 1.